The smallest absolute Gasteiger partial charge is 0.279 e. The number of rotatable bonds is 7. The third-order valence-electron chi connectivity index (χ3n) is 4.40. The van der Waals surface area contributed by atoms with Gasteiger partial charge in [0.15, 0.2) is 6.04 Å². The first kappa shape index (κ1) is 17.7. The number of carbonyl (C=O) groups excluding carboxylic acids is 2. The predicted octanol–water partition coefficient (Wildman–Crippen LogP) is -0.202. The lowest BCUT2D eigenvalue weighted by molar-refractivity contribution is -0.403. The van der Waals surface area contributed by atoms with Crippen LogP contribution < -0.4 is 16.2 Å². The lowest BCUT2D eigenvalue weighted by atomic mass is 10.0. The standard InChI is InChI=1S/C20H21N3O3/c21-16(10-13-6-2-1-3-7-13)19(24)23-18(20(25)26)11-14-12-22-17-9-5-4-8-15(14)17/h1-9,12,16,18,22H,10-11,21H2,(H,23,24)(H,25,26)/t16-,18-/m0/s1. The van der Waals surface area contributed by atoms with E-state index in [1.165, 1.54) is 0 Å². The summed E-state index contributed by atoms with van der Waals surface area (Å²) in [6.45, 7) is 0. The Kier molecular flexibility index (Phi) is 5.34. The van der Waals surface area contributed by atoms with Gasteiger partial charge in [-0.3, -0.25) is 4.79 Å². The van der Waals surface area contributed by atoms with Gasteiger partial charge < -0.3 is 25.9 Å². The number of carboxylic acid groups (broad SMARTS) is 1. The van der Waals surface area contributed by atoms with E-state index in [9.17, 15) is 14.7 Å². The number of hydrogen-bond donors (Lipinski definition) is 3. The molecule has 26 heavy (non-hydrogen) atoms. The molecule has 3 rings (SSSR count). The molecular formula is C20H21N3O3. The Morgan fingerprint density at radius 3 is 2.46 bits per heavy atom. The molecular weight excluding hydrogens is 330 g/mol. The molecule has 6 heteroatoms. The van der Waals surface area contributed by atoms with Gasteiger partial charge in [0.2, 0.25) is 0 Å². The van der Waals surface area contributed by atoms with Crippen LogP contribution in [-0.4, -0.2) is 28.9 Å². The van der Waals surface area contributed by atoms with Crippen molar-refractivity contribution in [2.75, 3.05) is 0 Å². The topological polar surface area (TPSA) is 113 Å². The highest BCUT2D eigenvalue weighted by molar-refractivity contribution is 5.87. The number of para-hydroxylation sites is 1. The fourth-order valence-electron chi connectivity index (χ4n) is 2.99. The predicted molar refractivity (Wildman–Crippen MR) is 95.8 cm³/mol. The Morgan fingerprint density at radius 1 is 1.04 bits per heavy atom. The summed E-state index contributed by atoms with van der Waals surface area (Å²) in [5, 5.41) is 15.0. The molecule has 1 aromatic heterocycles. The van der Waals surface area contributed by atoms with Crippen molar-refractivity contribution in [3.63, 3.8) is 0 Å². The van der Waals surface area contributed by atoms with Crippen LogP contribution in [0.15, 0.2) is 60.8 Å². The minimum atomic E-state index is -1.31. The normalized spacial score (nSPS) is 13.3. The van der Waals surface area contributed by atoms with Crippen LogP contribution in [0.25, 0.3) is 10.9 Å². The number of benzene rings is 2. The highest BCUT2D eigenvalue weighted by atomic mass is 16.4. The van der Waals surface area contributed by atoms with E-state index in [0.717, 1.165) is 22.0 Å². The zero-order valence-electron chi connectivity index (χ0n) is 14.3. The van der Waals surface area contributed by atoms with Gasteiger partial charge in [-0.15, -0.1) is 0 Å². The van der Waals surface area contributed by atoms with E-state index in [2.05, 4.69) is 16.0 Å². The van der Waals surface area contributed by atoms with Gasteiger partial charge in [-0.1, -0.05) is 48.5 Å². The fourth-order valence-corrected chi connectivity index (χ4v) is 2.99. The Labute approximate surface area is 151 Å². The molecule has 6 nitrogen and oxygen atoms in total. The summed E-state index contributed by atoms with van der Waals surface area (Å²) in [7, 11) is 0. The second-order valence-electron chi connectivity index (χ2n) is 6.33. The van der Waals surface area contributed by atoms with Gasteiger partial charge in [-0.05, 0) is 17.2 Å². The summed E-state index contributed by atoms with van der Waals surface area (Å²) in [5.41, 5.74) is 6.58. The molecule has 0 aliphatic rings. The van der Waals surface area contributed by atoms with Crippen molar-refractivity contribution >= 4 is 22.8 Å². The number of quaternary nitrogens is 1. The first-order valence-electron chi connectivity index (χ1n) is 8.48. The van der Waals surface area contributed by atoms with Crippen LogP contribution in [0.1, 0.15) is 11.1 Å². The minimum absolute atomic E-state index is 0.149. The maximum atomic E-state index is 12.4. The van der Waals surface area contributed by atoms with Gasteiger partial charge in [0.25, 0.3) is 5.91 Å². The average Bonchev–Trinajstić information content (AvgIpc) is 3.05. The van der Waals surface area contributed by atoms with Gasteiger partial charge >= 0.3 is 0 Å². The van der Waals surface area contributed by atoms with Crippen LogP contribution >= 0.6 is 0 Å². The fraction of sp³-hybridized carbons (Fsp3) is 0.200. The van der Waals surface area contributed by atoms with Crippen molar-refractivity contribution in [2.45, 2.75) is 24.9 Å². The Hall–Kier alpha value is -3.12. The van der Waals surface area contributed by atoms with Crippen LogP contribution in [0.2, 0.25) is 0 Å². The number of aliphatic carboxylic acids is 1. The first-order valence-corrected chi connectivity index (χ1v) is 8.48. The maximum Gasteiger partial charge on any atom is 0.279 e. The molecule has 0 spiro atoms. The van der Waals surface area contributed by atoms with Crippen LogP contribution in [-0.2, 0) is 22.4 Å². The maximum absolute atomic E-state index is 12.4. The quantitative estimate of drug-likeness (QED) is 0.548. The van der Waals surface area contributed by atoms with Crippen molar-refractivity contribution in [3.8, 4) is 0 Å². The molecule has 0 aliphatic heterocycles. The van der Waals surface area contributed by atoms with E-state index in [-0.39, 0.29) is 6.42 Å². The molecule has 0 bridgehead atoms. The Balaban J connectivity index is 1.68. The number of aromatic amines is 1. The highest BCUT2D eigenvalue weighted by Crippen LogP contribution is 2.19. The summed E-state index contributed by atoms with van der Waals surface area (Å²) < 4.78 is 0. The second-order valence-corrected chi connectivity index (χ2v) is 6.33. The molecule has 1 amide bonds. The summed E-state index contributed by atoms with van der Waals surface area (Å²) in [6.07, 6.45) is 2.36. The first-order chi connectivity index (χ1) is 12.5. The molecule has 0 radical (unpaired) electrons. The number of H-pyrrole nitrogens is 1. The monoisotopic (exact) mass is 351 g/mol. The molecule has 0 saturated heterocycles. The van der Waals surface area contributed by atoms with E-state index in [1.807, 2.05) is 54.6 Å². The third kappa shape index (κ3) is 4.10. The molecule has 2 aromatic carbocycles. The van der Waals surface area contributed by atoms with Crippen LogP contribution in [0.5, 0.6) is 0 Å². The van der Waals surface area contributed by atoms with Gasteiger partial charge in [-0.2, -0.15) is 0 Å². The minimum Gasteiger partial charge on any atom is -0.548 e. The number of fused-ring (bicyclic) bond motifs is 1. The van der Waals surface area contributed by atoms with Crippen molar-refractivity contribution < 1.29 is 20.4 Å². The summed E-state index contributed by atoms with van der Waals surface area (Å²) in [6, 6.07) is 15.4. The molecule has 0 aliphatic carbocycles. The largest absolute Gasteiger partial charge is 0.548 e. The number of amides is 1. The van der Waals surface area contributed by atoms with E-state index in [0.29, 0.717) is 6.42 Å². The zero-order valence-corrected chi connectivity index (χ0v) is 14.3. The SMILES string of the molecule is [NH3+][C@@H](Cc1ccccc1)C(=O)N[C@@H](Cc1c[nH]c2ccccc12)C(=O)[O-]. The highest BCUT2D eigenvalue weighted by Gasteiger charge is 2.23. The van der Waals surface area contributed by atoms with E-state index >= 15 is 0 Å². The lowest BCUT2D eigenvalue weighted by Crippen LogP contribution is -2.70. The lowest BCUT2D eigenvalue weighted by Gasteiger charge is -2.20. The van der Waals surface area contributed by atoms with E-state index < -0.39 is 24.0 Å². The summed E-state index contributed by atoms with van der Waals surface area (Å²) >= 11 is 0. The molecule has 5 N–H and O–H groups in total. The summed E-state index contributed by atoms with van der Waals surface area (Å²) in [4.78, 5) is 27.0. The molecule has 1 heterocycles. The van der Waals surface area contributed by atoms with E-state index in [4.69, 9.17) is 0 Å². The van der Waals surface area contributed by atoms with Crippen LogP contribution in [0.4, 0.5) is 0 Å². The number of aromatic nitrogens is 1. The number of nitrogens with one attached hydrogen (secondary N) is 2. The van der Waals surface area contributed by atoms with E-state index in [1.54, 1.807) is 6.20 Å². The molecule has 0 unspecified atom stereocenters. The Morgan fingerprint density at radius 2 is 1.73 bits per heavy atom. The Bertz CT molecular complexity index is 905. The van der Waals surface area contributed by atoms with Gasteiger partial charge in [-0.25, -0.2) is 0 Å². The van der Waals surface area contributed by atoms with Crippen molar-refractivity contribution in [3.05, 3.63) is 71.9 Å². The van der Waals surface area contributed by atoms with Crippen molar-refractivity contribution in [1.82, 2.24) is 10.3 Å². The second kappa shape index (κ2) is 7.84. The van der Waals surface area contributed by atoms with Crippen LogP contribution in [0.3, 0.4) is 0 Å². The van der Waals surface area contributed by atoms with Gasteiger partial charge in [0, 0.05) is 29.9 Å². The number of hydrogen-bond acceptors (Lipinski definition) is 3. The molecule has 0 fully saturated rings. The van der Waals surface area contributed by atoms with Crippen LogP contribution in [0, 0.1) is 0 Å². The van der Waals surface area contributed by atoms with Gasteiger partial charge in [0.1, 0.15) is 0 Å². The van der Waals surface area contributed by atoms with Gasteiger partial charge in [0.05, 0.1) is 12.0 Å². The number of carboxylic acids is 1. The average molecular weight is 351 g/mol. The van der Waals surface area contributed by atoms with Crippen molar-refractivity contribution in [1.29, 1.82) is 0 Å². The zero-order chi connectivity index (χ0) is 18.5. The summed E-state index contributed by atoms with van der Waals surface area (Å²) in [5.74, 6) is -1.71. The molecule has 2 atom stereocenters. The molecule has 134 valence electrons. The molecule has 0 saturated carbocycles. The van der Waals surface area contributed by atoms with Crippen molar-refractivity contribution in [2.24, 2.45) is 0 Å². The molecule has 3 aromatic rings. The third-order valence-corrected chi connectivity index (χ3v) is 4.40. The number of carbonyl (C=O) groups is 2.